The maximum absolute atomic E-state index is 14.2. The lowest BCUT2D eigenvalue weighted by molar-refractivity contribution is -0.115. The second kappa shape index (κ2) is 15.4. The molecule has 7 nitrogen and oxygen atoms in total. The van der Waals surface area contributed by atoms with Crippen LogP contribution in [0.5, 0.6) is 5.75 Å². The van der Waals surface area contributed by atoms with E-state index in [1.807, 2.05) is 78.9 Å². The number of para-hydroxylation sites is 2. The fourth-order valence-electron chi connectivity index (χ4n) is 5.73. The number of amides is 1. The van der Waals surface area contributed by atoms with Crippen molar-refractivity contribution in [1.82, 2.24) is 0 Å². The summed E-state index contributed by atoms with van der Waals surface area (Å²) in [6, 6.07) is 25.0. The van der Waals surface area contributed by atoms with E-state index in [1.54, 1.807) is 14.0 Å². The Labute approximate surface area is 290 Å². The van der Waals surface area contributed by atoms with E-state index < -0.39 is 5.25 Å². The van der Waals surface area contributed by atoms with Gasteiger partial charge in [0.25, 0.3) is 0 Å². The number of ether oxygens (including phenoxy) is 2. The molecule has 3 aromatic carbocycles. The summed E-state index contributed by atoms with van der Waals surface area (Å²) in [7, 11) is 1.61. The summed E-state index contributed by atoms with van der Waals surface area (Å²) in [5.41, 5.74) is 4.07. The second-order valence-corrected chi connectivity index (χ2v) is 15.1. The minimum Gasteiger partial charge on any atom is -0.495 e. The second-order valence-electron chi connectivity index (χ2n) is 12.4. The normalized spacial score (nSPS) is 14.8. The van der Waals surface area contributed by atoms with E-state index in [0.29, 0.717) is 27.3 Å². The largest absolute Gasteiger partial charge is 0.495 e. The summed E-state index contributed by atoms with van der Waals surface area (Å²) >= 11 is 8.53. The Hall–Kier alpha value is -3.86. The highest BCUT2D eigenvalue weighted by Gasteiger charge is 2.35. The van der Waals surface area contributed by atoms with Crippen LogP contribution in [0, 0.1) is 11.3 Å². The molecule has 10 heteroatoms. The number of esters is 1. The molecular weight excluding hydrogens is 647 g/mol. The Bertz CT molecular complexity index is 1730. The summed E-state index contributed by atoms with van der Waals surface area (Å²) in [5, 5.41) is 9.99. The summed E-state index contributed by atoms with van der Waals surface area (Å²) in [4.78, 5) is 29.5. The number of hydrogen-bond donors (Lipinski definition) is 3. The predicted molar refractivity (Wildman–Crippen MR) is 198 cm³/mol. The van der Waals surface area contributed by atoms with Crippen LogP contribution in [0.15, 0.2) is 83.8 Å². The molecule has 246 valence electrons. The molecule has 0 saturated carbocycles. The van der Waals surface area contributed by atoms with Crippen LogP contribution in [0.4, 0.5) is 16.4 Å². The quantitative estimate of drug-likeness (QED) is 0.0864. The van der Waals surface area contributed by atoms with Crippen LogP contribution in [0.3, 0.4) is 0 Å². The van der Waals surface area contributed by atoms with Crippen molar-refractivity contribution in [2.45, 2.75) is 57.1 Å². The molecule has 2 atom stereocenters. The molecule has 0 saturated heterocycles. The van der Waals surface area contributed by atoms with Gasteiger partial charge in [0.1, 0.15) is 16.0 Å². The van der Waals surface area contributed by atoms with Crippen LogP contribution in [0.1, 0.15) is 65.7 Å². The van der Waals surface area contributed by atoms with Gasteiger partial charge in [-0.3, -0.25) is 4.79 Å². The molecule has 5 rings (SSSR count). The Morgan fingerprint density at radius 2 is 1.74 bits per heavy atom. The van der Waals surface area contributed by atoms with Crippen LogP contribution in [0.2, 0.25) is 0 Å². The van der Waals surface area contributed by atoms with Gasteiger partial charge in [-0.25, -0.2) is 4.79 Å². The number of thioether (sulfide) groups is 1. The molecule has 1 aliphatic rings. The Balaban J connectivity index is 1.38. The lowest BCUT2D eigenvalue weighted by atomic mass is 9.72. The van der Waals surface area contributed by atoms with E-state index >= 15 is 0 Å². The first-order valence-corrected chi connectivity index (χ1v) is 17.8. The van der Waals surface area contributed by atoms with Gasteiger partial charge in [-0.05, 0) is 91.2 Å². The van der Waals surface area contributed by atoms with Crippen molar-refractivity contribution in [3.8, 4) is 5.75 Å². The Morgan fingerprint density at radius 3 is 2.47 bits per heavy atom. The van der Waals surface area contributed by atoms with Crippen LogP contribution in [-0.2, 0) is 22.4 Å². The summed E-state index contributed by atoms with van der Waals surface area (Å²) < 4.78 is 10.9. The zero-order chi connectivity index (χ0) is 33.6. The lowest BCUT2D eigenvalue weighted by Crippen LogP contribution is -2.26. The van der Waals surface area contributed by atoms with Gasteiger partial charge in [-0.1, -0.05) is 69.3 Å². The molecular formula is C37H41N3O4S3. The smallest absolute Gasteiger partial charge is 0.341 e. The van der Waals surface area contributed by atoms with Gasteiger partial charge in [-0.15, -0.1) is 23.1 Å². The topological polar surface area (TPSA) is 88.7 Å². The maximum atomic E-state index is 14.2. The number of thiocarbonyl (C=S) groups is 1. The molecule has 0 radical (unpaired) electrons. The number of carbonyl (C=O) groups is 2. The average molecular weight is 688 g/mol. The molecule has 4 aromatic rings. The van der Waals surface area contributed by atoms with Gasteiger partial charge in [-0.2, -0.15) is 0 Å². The third kappa shape index (κ3) is 8.54. The van der Waals surface area contributed by atoms with E-state index in [1.165, 1.54) is 23.1 Å². The number of anilines is 3. The molecule has 1 aliphatic carbocycles. The van der Waals surface area contributed by atoms with E-state index in [0.717, 1.165) is 51.5 Å². The number of methoxy groups -OCH3 is 1. The highest BCUT2D eigenvalue weighted by Crippen LogP contribution is 2.45. The highest BCUT2D eigenvalue weighted by molar-refractivity contribution is 8.00. The Morgan fingerprint density at radius 1 is 1.00 bits per heavy atom. The first-order chi connectivity index (χ1) is 22.6. The number of benzene rings is 3. The zero-order valence-corrected chi connectivity index (χ0v) is 29.8. The fraction of sp³-hybridized carbons (Fsp3) is 0.324. The van der Waals surface area contributed by atoms with Crippen LogP contribution < -0.4 is 20.7 Å². The van der Waals surface area contributed by atoms with Crippen LogP contribution in [0.25, 0.3) is 0 Å². The third-order valence-electron chi connectivity index (χ3n) is 8.25. The van der Waals surface area contributed by atoms with Crippen molar-refractivity contribution < 1.29 is 19.1 Å². The molecule has 1 aromatic heterocycles. The molecule has 0 bridgehead atoms. The van der Waals surface area contributed by atoms with E-state index in [9.17, 15) is 9.59 Å². The average Bonchev–Trinajstić information content (AvgIpc) is 3.41. The van der Waals surface area contributed by atoms with Crippen molar-refractivity contribution in [1.29, 1.82) is 0 Å². The first kappa shape index (κ1) is 34.5. The lowest BCUT2D eigenvalue weighted by Gasteiger charge is -2.33. The van der Waals surface area contributed by atoms with Gasteiger partial charge in [0.2, 0.25) is 5.91 Å². The highest BCUT2D eigenvalue weighted by atomic mass is 32.2. The molecule has 0 aliphatic heterocycles. The Kier molecular flexibility index (Phi) is 11.3. The maximum Gasteiger partial charge on any atom is 0.341 e. The zero-order valence-electron chi connectivity index (χ0n) is 27.3. The number of carbonyl (C=O) groups excluding carboxylic acids is 2. The summed E-state index contributed by atoms with van der Waals surface area (Å²) in [6.45, 7) is 8.87. The van der Waals surface area contributed by atoms with Crippen molar-refractivity contribution in [2.75, 3.05) is 29.7 Å². The third-order valence-corrected chi connectivity index (χ3v) is 10.9. The van der Waals surface area contributed by atoms with E-state index in [-0.39, 0.29) is 23.9 Å². The number of hydrogen-bond acceptors (Lipinski definition) is 7. The fourth-order valence-corrected chi connectivity index (χ4v) is 8.36. The van der Waals surface area contributed by atoms with Crippen molar-refractivity contribution in [3.63, 3.8) is 0 Å². The van der Waals surface area contributed by atoms with E-state index in [4.69, 9.17) is 21.7 Å². The molecule has 1 amide bonds. The first-order valence-electron chi connectivity index (χ1n) is 15.7. The molecule has 0 fully saturated rings. The van der Waals surface area contributed by atoms with Gasteiger partial charge in [0, 0.05) is 15.5 Å². The van der Waals surface area contributed by atoms with Crippen LogP contribution >= 0.6 is 35.3 Å². The summed E-state index contributed by atoms with van der Waals surface area (Å²) in [5.74, 6) is 0.599. The van der Waals surface area contributed by atoms with Crippen molar-refractivity contribution >= 4 is 68.7 Å². The minimum atomic E-state index is -0.582. The molecule has 3 N–H and O–H groups in total. The van der Waals surface area contributed by atoms with Gasteiger partial charge in [0.15, 0.2) is 5.11 Å². The number of thiophene rings is 1. The molecule has 2 unspecified atom stereocenters. The number of nitrogens with one attached hydrogen (secondary N) is 3. The number of fused-ring (bicyclic) bond motifs is 1. The molecule has 47 heavy (non-hydrogen) atoms. The van der Waals surface area contributed by atoms with Crippen molar-refractivity contribution in [3.05, 3.63) is 100 Å². The van der Waals surface area contributed by atoms with Crippen LogP contribution in [-0.4, -0.2) is 30.7 Å². The standard InChI is InChI=1S/C37H41N3O4S3/c1-6-44-35(42)31-27-20-19-24(37(2,3)4)21-30(27)47-34(31)40-33(41)32(23-13-8-7-9-14-23)46-26-16-12-15-25(22-26)38-36(45)39-28-17-10-11-18-29(28)43-5/h7-18,22,24,32H,6,19-21H2,1-5H3,(H,40,41)(H2,38,39,45). The monoisotopic (exact) mass is 687 g/mol. The van der Waals surface area contributed by atoms with E-state index in [2.05, 4.69) is 36.7 Å². The van der Waals surface area contributed by atoms with Gasteiger partial charge < -0.3 is 25.4 Å². The van der Waals surface area contributed by atoms with Gasteiger partial charge in [0.05, 0.1) is 25.0 Å². The SMILES string of the molecule is CCOC(=O)c1c(NC(=O)C(Sc2cccc(NC(=S)Nc3ccccc3OC)c2)c2ccccc2)sc2c1CCC(C(C)(C)C)C2. The predicted octanol–water partition coefficient (Wildman–Crippen LogP) is 9.37. The van der Waals surface area contributed by atoms with Gasteiger partial charge >= 0.3 is 5.97 Å². The minimum absolute atomic E-state index is 0.155. The number of rotatable bonds is 10. The van der Waals surface area contributed by atoms with Crippen molar-refractivity contribution in [2.24, 2.45) is 11.3 Å². The summed E-state index contributed by atoms with van der Waals surface area (Å²) in [6.07, 6.45) is 2.68. The molecule has 0 spiro atoms. The molecule has 1 heterocycles.